The summed E-state index contributed by atoms with van der Waals surface area (Å²) >= 11 is 0. The van der Waals surface area contributed by atoms with E-state index in [4.69, 9.17) is 0 Å². The van der Waals surface area contributed by atoms with Gasteiger partial charge in [0.1, 0.15) is 0 Å². The van der Waals surface area contributed by atoms with Crippen LogP contribution in [0.5, 0.6) is 0 Å². The number of hydrogen-bond donors (Lipinski definition) is 0. The number of fused-ring (bicyclic) bond motifs is 3. The van der Waals surface area contributed by atoms with E-state index in [0.29, 0.717) is 6.42 Å². The summed E-state index contributed by atoms with van der Waals surface area (Å²) in [7, 11) is 3.63. The van der Waals surface area contributed by atoms with Crippen molar-refractivity contribution in [2.75, 3.05) is 14.1 Å². The average Bonchev–Trinajstić information content (AvgIpc) is 2.74. The molecule has 0 unspecified atom stereocenters. The number of amides is 1. The van der Waals surface area contributed by atoms with E-state index < -0.39 is 0 Å². The Bertz CT molecular complexity index is 585. The van der Waals surface area contributed by atoms with Crippen LogP contribution in [0, 0.1) is 0 Å². The van der Waals surface area contributed by atoms with E-state index in [1.165, 1.54) is 22.3 Å². The van der Waals surface area contributed by atoms with Crippen molar-refractivity contribution >= 4 is 5.91 Å². The van der Waals surface area contributed by atoms with Crippen molar-refractivity contribution in [1.29, 1.82) is 0 Å². The highest BCUT2D eigenvalue weighted by atomic mass is 16.2. The molecule has 0 spiro atoms. The van der Waals surface area contributed by atoms with Crippen molar-refractivity contribution in [2.24, 2.45) is 0 Å². The minimum Gasteiger partial charge on any atom is -0.349 e. The van der Waals surface area contributed by atoms with Gasteiger partial charge < -0.3 is 4.90 Å². The highest BCUT2D eigenvalue weighted by Crippen LogP contribution is 2.46. The lowest BCUT2D eigenvalue weighted by Gasteiger charge is -2.16. The van der Waals surface area contributed by atoms with Crippen molar-refractivity contribution in [3.05, 3.63) is 59.7 Å². The summed E-state index contributed by atoms with van der Waals surface area (Å²) < 4.78 is 0. The summed E-state index contributed by atoms with van der Waals surface area (Å²) in [6.07, 6.45) is 0.543. The Hall–Kier alpha value is -2.09. The molecule has 0 bridgehead atoms. The van der Waals surface area contributed by atoms with Crippen LogP contribution >= 0.6 is 0 Å². The smallest absolute Gasteiger partial charge is 0.223 e. The topological polar surface area (TPSA) is 20.3 Å². The molecule has 0 aliphatic heterocycles. The quantitative estimate of drug-likeness (QED) is 0.802. The zero-order chi connectivity index (χ0) is 13.4. The van der Waals surface area contributed by atoms with Gasteiger partial charge in [-0.25, -0.2) is 0 Å². The van der Waals surface area contributed by atoms with Crippen molar-refractivity contribution in [1.82, 2.24) is 4.90 Å². The van der Waals surface area contributed by atoms with Crippen LogP contribution in [0.2, 0.25) is 0 Å². The van der Waals surface area contributed by atoms with E-state index in [1.54, 1.807) is 4.90 Å². The summed E-state index contributed by atoms with van der Waals surface area (Å²) in [6.45, 7) is 0. The molecule has 0 atom stereocenters. The van der Waals surface area contributed by atoms with Gasteiger partial charge in [0, 0.05) is 26.4 Å². The van der Waals surface area contributed by atoms with Crippen molar-refractivity contribution in [3.63, 3.8) is 0 Å². The molecule has 0 fully saturated rings. The number of hydrogen-bond acceptors (Lipinski definition) is 1. The first-order valence-electron chi connectivity index (χ1n) is 6.57. The molecule has 2 heteroatoms. The zero-order valence-electron chi connectivity index (χ0n) is 11.3. The number of carbonyl (C=O) groups excluding carboxylic acids is 1. The average molecular weight is 251 g/mol. The van der Waals surface area contributed by atoms with Gasteiger partial charge in [0.2, 0.25) is 5.91 Å². The Labute approximate surface area is 113 Å². The Morgan fingerprint density at radius 1 is 0.947 bits per heavy atom. The van der Waals surface area contributed by atoms with Gasteiger partial charge in [0.15, 0.2) is 0 Å². The second-order valence-electron chi connectivity index (χ2n) is 5.22. The summed E-state index contributed by atoms with van der Waals surface area (Å²) in [5, 5.41) is 0. The summed E-state index contributed by atoms with van der Waals surface area (Å²) in [6, 6.07) is 16.8. The molecule has 1 aliphatic rings. The molecule has 2 aromatic carbocycles. The maximum absolute atomic E-state index is 12.0. The lowest BCUT2D eigenvalue weighted by molar-refractivity contribution is -0.128. The van der Waals surface area contributed by atoms with Crippen molar-refractivity contribution in [2.45, 2.75) is 12.3 Å². The molecule has 0 N–H and O–H groups in total. The molecule has 19 heavy (non-hydrogen) atoms. The summed E-state index contributed by atoms with van der Waals surface area (Å²) in [5.41, 5.74) is 5.10. The number of carbonyl (C=O) groups is 1. The van der Waals surface area contributed by atoms with Crippen LogP contribution in [0.3, 0.4) is 0 Å². The predicted molar refractivity (Wildman–Crippen MR) is 77.0 cm³/mol. The van der Waals surface area contributed by atoms with Crippen LogP contribution in [0.4, 0.5) is 0 Å². The Morgan fingerprint density at radius 2 is 1.42 bits per heavy atom. The van der Waals surface area contributed by atoms with E-state index in [1.807, 2.05) is 14.1 Å². The lowest BCUT2D eigenvalue weighted by Crippen LogP contribution is -2.23. The van der Waals surface area contributed by atoms with E-state index >= 15 is 0 Å². The molecule has 96 valence electrons. The monoisotopic (exact) mass is 251 g/mol. The van der Waals surface area contributed by atoms with E-state index in [0.717, 1.165) is 0 Å². The van der Waals surface area contributed by atoms with Gasteiger partial charge in [0.05, 0.1) is 0 Å². The van der Waals surface area contributed by atoms with Gasteiger partial charge in [-0.1, -0.05) is 48.5 Å². The first-order valence-corrected chi connectivity index (χ1v) is 6.57. The standard InChI is InChI=1S/C17H17NO/c1-18(2)17(19)11-16-14-9-5-3-7-12(14)13-8-4-6-10-15(13)16/h3-10,16H,11H2,1-2H3. The van der Waals surface area contributed by atoms with Gasteiger partial charge in [-0.2, -0.15) is 0 Å². The fourth-order valence-corrected chi connectivity index (χ4v) is 2.84. The molecular weight excluding hydrogens is 234 g/mol. The molecule has 0 radical (unpaired) electrons. The van der Waals surface area contributed by atoms with Crippen LogP contribution < -0.4 is 0 Å². The summed E-state index contributed by atoms with van der Waals surface area (Å²) in [5.74, 6) is 0.374. The molecule has 1 amide bonds. The van der Waals surface area contributed by atoms with E-state index in [-0.39, 0.29) is 11.8 Å². The van der Waals surface area contributed by atoms with Crippen LogP contribution in [-0.4, -0.2) is 24.9 Å². The number of benzene rings is 2. The highest BCUT2D eigenvalue weighted by Gasteiger charge is 2.29. The third-order valence-corrected chi connectivity index (χ3v) is 3.84. The largest absolute Gasteiger partial charge is 0.349 e. The number of nitrogens with zero attached hydrogens (tertiary/aromatic N) is 1. The predicted octanol–water partition coefficient (Wildman–Crippen LogP) is 3.28. The van der Waals surface area contributed by atoms with Gasteiger partial charge >= 0.3 is 0 Å². The van der Waals surface area contributed by atoms with Crippen LogP contribution in [0.15, 0.2) is 48.5 Å². The van der Waals surface area contributed by atoms with Crippen molar-refractivity contribution in [3.8, 4) is 11.1 Å². The van der Waals surface area contributed by atoms with Crippen molar-refractivity contribution < 1.29 is 4.79 Å². The molecular formula is C17H17NO. The van der Waals surface area contributed by atoms with Crippen LogP contribution in [0.25, 0.3) is 11.1 Å². The molecule has 1 aliphatic carbocycles. The molecule has 2 nitrogen and oxygen atoms in total. The van der Waals surface area contributed by atoms with E-state index in [9.17, 15) is 4.79 Å². The Morgan fingerprint density at radius 3 is 1.89 bits per heavy atom. The molecule has 2 aromatic rings. The fraction of sp³-hybridized carbons (Fsp3) is 0.235. The lowest BCUT2D eigenvalue weighted by atomic mass is 9.93. The van der Waals surface area contributed by atoms with Gasteiger partial charge in [-0.05, 0) is 22.3 Å². The molecule has 3 rings (SSSR count). The molecule has 0 saturated carbocycles. The molecule has 0 saturated heterocycles. The van der Waals surface area contributed by atoms with Crippen LogP contribution in [-0.2, 0) is 4.79 Å². The molecule has 0 heterocycles. The third kappa shape index (κ3) is 1.93. The second-order valence-corrected chi connectivity index (χ2v) is 5.22. The third-order valence-electron chi connectivity index (χ3n) is 3.84. The minimum atomic E-state index is 0.177. The number of rotatable bonds is 2. The zero-order valence-corrected chi connectivity index (χ0v) is 11.3. The summed E-state index contributed by atoms with van der Waals surface area (Å²) in [4.78, 5) is 13.7. The highest BCUT2D eigenvalue weighted by molar-refractivity contribution is 5.83. The first kappa shape index (κ1) is 12.0. The maximum Gasteiger partial charge on any atom is 0.223 e. The van der Waals surface area contributed by atoms with E-state index in [2.05, 4.69) is 48.5 Å². The Balaban J connectivity index is 2.07. The fourth-order valence-electron chi connectivity index (χ4n) is 2.84. The normalized spacial score (nSPS) is 12.9. The van der Waals surface area contributed by atoms with Crippen LogP contribution in [0.1, 0.15) is 23.5 Å². The van der Waals surface area contributed by atoms with Gasteiger partial charge in [-0.15, -0.1) is 0 Å². The maximum atomic E-state index is 12.0. The first-order chi connectivity index (χ1) is 9.18. The molecule has 0 aromatic heterocycles. The van der Waals surface area contributed by atoms with Gasteiger partial charge in [0.25, 0.3) is 0 Å². The van der Waals surface area contributed by atoms with Gasteiger partial charge in [-0.3, -0.25) is 4.79 Å². The SMILES string of the molecule is CN(C)C(=O)CC1c2ccccc2-c2ccccc21. The Kier molecular flexibility index (Phi) is 2.86. The second kappa shape index (κ2) is 4.54. The minimum absolute atomic E-state index is 0.177.